The van der Waals surface area contributed by atoms with Crippen LogP contribution in [0.25, 0.3) is 11.3 Å². The number of thiazole rings is 1. The van der Waals surface area contributed by atoms with Gasteiger partial charge in [-0.3, -0.25) is 9.69 Å². The molecule has 132 valence electrons. The lowest BCUT2D eigenvalue weighted by molar-refractivity contribution is -0.119. The van der Waals surface area contributed by atoms with Crippen LogP contribution in [0, 0.1) is 5.92 Å². The van der Waals surface area contributed by atoms with Crippen molar-refractivity contribution < 1.29 is 4.79 Å². The van der Waals surface area contributed by atoms with Gasteiger partial charge in [0.2, 0.25) is 5.91 Å². The summed E-state index contributed by atoms with van der Waals surface area (Å²) in [5.41, 5.74) is 3.13. The van der Waals surface area contributed by atoms with Crippen LogP contribution in [0.15, 0.2) is 60.0 Å². The number of carbonyl (C=O) groups excluding carboxylic acids is 1. The lowest BCUT2D eigenvalue weighted by atomic mass is 10.1. The summed E-state index contributed by atoms with van der Waals surface area (Å²) in [7, 11) is 0. The second-order valence-corrected chi connectivity index (χ2v) is 7.79. The topological polar surface area (TPSA) is 33.2 Å². The number of anilines is 1. The Kier molecular flexibility index (Phi) is 5.05. The molecule has 0 aliphatic heterocycles. The molecule has 1 amide bonds. The first-order valence-corrected chi connectivity index (χ1v) is 10.0. The van der Waals surface area contributed by atoms with E-state index in [-0.39, 0.29) is 11.8 Å². The van der Waals surface area contributed by atoms with Gasteiger partial charge in [-0.05, 0) is 37.0 Å². The Balaban J connectivity index is 1.55. The van der Waals surface area contributed by atoms with Gasteiger partial charge in [-0.15, -0.1) is 11.3 Å². The quantitative estimate of drug-likeness (QED) is 0.568. The molecule has 0 radical (unpaired) electrons. The summed E-state index contributed by atoms with van der Waals surface area (Å²) in [6, 6.07) is 17.9. The Morgan fingerprint density at radius 1 is 1.12 bits per heavy atom. The molecule has 1 heterocycles. The molecule has 1 aliphatic carbocycles. The molecule has 2 aromatic carbocycles. The summed E-state index contributed by atoms with van der Waals surface area (Å²) in [6.45, 7) is 0.660. The molecule has 0 saturated heterocycles. The number of hydrogen-bond acceptors (Lipinski definition) is 3. The Morgan fingerprint density at radius 2 is 1.85 bits per heavy atom. The van der Waals surface area contributed by atoms with Crippen molar-refractivity contribution in [1.29, 1.82) is 0 Å². The zero-order valence-corrected chi connectivity index (χ0v) is 15.8. The van der Waals surface area contributed by atoms with Gasteiger partial charge < -0.3 is 0 Å². The van der Waals surface area contributed by atoms with Gasteiger partial charge in [0.1, 0.15) is 0 Å². The maximum atomic E-state index is 12.8. The number of nitrogens with zero attached hydrogens (tertiary/aromatic N) is 2. The molecule has 0 spiro atoms. The molecule has 5 heteroatoms. The van der Waals surface area contributed by atoms with Gasteiger partial charge in [0.05, 0.1) is 5.69 Å². The van der Waals surface area contributed by atoms with Gasteiger partial charge in [-0.1, -0.05) is 54.1 Å². The number of carbonyl (C=O) groups is 1. The highest BCUT2D eigenvalue weighted by Gasteiger charge is 2.35. The van der Waals surface area contributed by atoms with E-state index in [1.54, 1.807) is 0 Å². The lowest BCUT2D eigenvalue weighted by Gasteiger charge is -2.20. The average Bonchev–Trinajstić information content (AvgIpc) is 3.41. The number of amides is 1. The standard InChI is InChI=1S/C21H19ClN2OS/c22-18-10-8-16(9-11-18)19-14-26-21(23-19)24(20(25)17-6-7-17)13-12-15-4-2-1-3-5-15/h1-5,8-11,14,17H,6-7,12-13H2. The second-order valence-electron chi connectivity index (χ2n) is 6.52. The van der Waals surface area contributed by atoms with Crippen molar-refractivity contribution in [1.82, 2.24) is 4.98 Å². The molecular weight excluding hydrogens is 364 g/mol. The smallest absolute Gasteiger partial charge is 0.231 e. The van der Waals surface area contributed by atoms with Crippen molar-refractivity contribution in [3.05, 3.63) is 70.6 Å². The molecule has 3 nitrogen and oxygen atoms in total. The fourth-order valence-electron chi connectivity index (χ4n) is 2.88. The highest BCUT2D eigenvalue weighted by atomic mass is 35.5. The van der Waals surface area contributed by atoms with E-state index in [2.05, 4.69) is 12.1 Å². The van der Waals surface area contributed by atoms with E-state index in [1.165, 1.54) is 16.9 Å². The molecule has 4 rings (SSSR count). The van der Waals surface area contributed by atoms with Crippen LogP contribution in [0.1, 0.15) is 18.4 Å². The van der Waals surface area contributed by atoms with Gasteiger partial charge in [0.15, 0.2) is 5.13 Å². The summed E-state index contributed by atoms with van der Waals surface area (Å²) in [5.74, 6) is 0.381. The van der Waals surface area contributed by atoms with Crippen molar-refractivity contribution in [2.45, 2.75) is 19.3 Å². The van der Waals surface area contributed by atoms with Crippen LogP contribution in [0.2, 0.25) is 5.02 Å². The highest BCUT2D eigenvalue weighted by Crippen LogP contribution is 2.35. The number of halogens is 1. The molecule has 1 saturated carbocycles. The van der Waals surface area contributed by atoms with Crippen LogP contribution in [0.3, 0.4) is 0 Å². The fourth-order valence-corrected chi connectivity index (χ4v) is 3.87. The van der Waals surface area contributed by atoms with Crippen molar-refractivity contribution in [3.8, 4) is 11.3 Å². The first-order valence-electron chi connectivity index (χ1n) is 8.77. The van der Waals surface area contributed by atoms with Gasteiger partial charge in [0, 0.05) is 28.4 Å². The predicted octanol–water partition coefficient (Wildman–Crippen LogP) is 5.45. The van der Waals surface area contributed by atoms with Crippen molar-refractivity contribution in [2.75, 3.05) is 11.4 Å². The first kappa shape index (κ1) is 17.3. The number of rotatable bonds is 6. The number of benzene rings is 2. The van der Waals surface area contributed by atoms with E-state index in [9.17, 15) is 4.79 Å². The SMILES string of the molecule is O=C(C1CC1)N(CCc1ccccc1)c1nc(-c2ccc(Cl)cc2)cs1. The van der Waals surface area contributed by atoms with Crippen LogP contribution < -0.4 is 4.90 Å². The molecule has 1 aliphatic rings. The molecule has 1 fully saturated rings. The van der Waals surface area contributed by atoms with E-state index >= 15 is 0 Å². The first-order chi connectivity index (χ1) is 12.7. The van der Waals surface area contributed by atoms with E-state index in [4.69, 9.17) is 16.6 Å². The minimum absolute atomic E-state index is 0.175. The van der Waals surface area contributed by atoms with E-state index in [1.807, 2.05) is 52.7 Å². The molecule has 1 aromatic heterocycles. The molecule has 0 atom stereocenters. The number of aromatic nitrogens is 1. The fraction of sp³-hybridized carbons (Fsp3) is 0.238. The maximum Gasteiger partial charge on any atom is 0.231 e. The zero-order valence-electron chi connectivity index (χ0n) is 14.3. The van der Waals surface area contributed by atoms with Crippen molar-refractivity contribution in [2.24, 2.45) is 5.92 Å². The minimum Gasteiger partial charge on any atom is -0.288 e. The normalized spacial score (nSPS) is 13.6. The zero-order chi connectivity index (χ0) is 17.9. The molecular formula is C21H19ClN2OS. The molecule has 26 heavy (non-hydrogen) atoms. The van der Waals surface area contributed by atoms with Crippen LogP contribution >= 0.6 is 22.9 Å². The van der Waals surface area contributed by atoms with Crippen molar-refractivity contribution in [3.63, 3.8) is 0 Å². The predicted molar refractivity (Wildman–Crippen MR) is 108 cm³/mol. The van der Waals surface area contributed by atoms with Gasteiger partial charge in [-0.2, -0.15) is 0 Å². The highest BCUT2D eigenvalue weighted by molar-refractivity contribution is 7.14. The summed E-state index contributed by atoms with van der Waals surface area (Å²) < 4.78 is 0. The lowest BCUT2D eigenvalue weighted by Crippen LogP contribution is -2.34. The summed E-state index contributed by atoms with van der Waals surface area (Å²) in [6.07, 6.45) is 2.82. The summed E-state index contributed by atoms with van der Waals surface area (Å²) in [5, 5.41) is 3.49. The minimum atomic E-state index is 0.175. The van der Waals surface area contributed by atoms with E-state index < -0.39 is 0 Å². The largest absolute Gasteiger partial charge is 0.288 e. The second kappa shape index (κ2) is 7.60. The van der Waals surface area contributed by atoms with E-state index in [0.29, 0.717) is 11.6 Å². The maximum absolute atomic E-state index is 12.8. The Hall–Kier alpha value is -2.17. The van der Waals surface area contributed by atoms with Gasteiger partial charge >= 0.3 is 0 Å². The average molecular weight is 383 g/mol. The third kappa shape index (κ3) is 3.97. The van der Waals surface area contributed by atoms with Gasteiger partial charge in [0.25, 0.3) is 0 Å². The summed E-state index contributed by atoms with van der Waals surface area (Å²) in [4.78, 5) is 19.4. The monoisotopic (exact) mass is 382 g/mol. The van der Waals surface area contributed by atoms with Crippen LogP contribution in [0.5, 0.6) is 0 Å². The molecule has 3 aromatic rings. The van der Waals surface area contributed by atoms with Crippen LogP contribution in [0.4, 0.5) is 5.13 Å². The summed E-state index contributed by atoms with van der Waals surface area (Å²) >= 11 is 7.49. The third-order valence-corrected chi connectivity index (χ3v) is 5.64. The van der Waals surface area contributed by atoms with Crippen molar-refractivity contribution >= 4 is 34.0 Å². The Morgan fingerprint density at radius 3 is 2.54 bits per heavy atom. The van der Waals surface area contributed by atoms with Gasteiger partial charge in [-0.25, -0.2) is 4.98 Å². The molecule has 0 N–H and O–H groups in total. The Labute approximate surface area is 162 Å². The van der Waals surface area contributed by atoms with Crippen LogP contribution in [-0.2, 0) is 11.2 Å². The third-order valence-electron chi connectivity index (χ3n) is 4.52. The number of hydrogen-bond donors (Lipinski definition) is 0. The molecule has 0 unspecified atom stereocenters. The molecule has 0 bridgehead atoms. The van der Waals surface area contributed by atoms with E-state index in [0.717, 1.165) is 35.7 Å². The Bertz CT molecular complexity index is 888. The van der Waals surface area contributed by atoms with Crippen LogP contribution in [-0.4, -0.2) is 17.4 Å².